The number of anilines is 1. The molecule has 33 heavy (non-hydrogen) atoms. The van der Waals surface area contributed by atoms with Crippen LogP contribution in [-0.4, -0.2) is 50.5 Å². The molecular weight excluding hydrogens is 426 g/mol. The molecule has 1 N–H and O–H groups in total. The molecular formula is C24H27N3O6. The molecule has 3 heterocycles. The lowest BCUT2D eigenvalue weighted by molar-refractivity contribution is -0.384. The van der Waals surface area contributed by atoms with Crippen LogP contribution in [0.1, 0.15) is 41.6 Å². The van der Waals surface area contributed by atoms with Crippen molar-refractivity contribution in [3.8, 4) is 11.5 Å². The van der Waals surface area contributed by atoms with Crippen LogP contribution in [0.4, 0.5) is 11.4 Å². The maximum absolute atomic E-state index is 13.0. The third-order valence-corrected chi connectivity index (χ3v) is 6.90. The largest absolute Gasteiger partial charge is 0.454 e. The highest BCUT2D eigenvalue weighted by molar-refractivity contribution is 5.95. The number of ether oxygens (including phenoxy) is 3. The number of amides is 1. The highest BCUT2D eigenvalue weighted by Crippen LogP contribution is 2.40. The fraction of sp³-hybridized carbons (Fsp3) is 0.458. The molecule has 2 aromatic rings. The van der Waals surface area contributed by atoms with Gasteiger partial charge >= 0.3 is 0 Å². The van der Waals surface area contributed by atoms with Gasteiger partial charge < -0.3 is 24.4 Å². The van der Waals surface area contributed by atoms with Crippen molar-refractivity contribution in [3.05, 3.63) is 57.6 Å². The van der Waals surface area contributed by atoms with E-state index in [1.54, 1.807) is 12.1 Å². The molecule has 174 valence electrons. The van der Waals surface area contributed by atoms with E-state index >= 15 is 0 Å². The van der Waals surface area contributed by atoms with Crippen LogP contribution in [-0.2, 0) is 10.2 Å². The third kappa shape index (κ3) is 4.20. The van der Waals surface area contributed by atoms with Crippen LogP contribution in [0, 0.1) is 10.1 Å². The van der Waals surface area contributed by atoms with Gasteiger partial charge in [-0.3, -0.25) is 14.9 Å². The van der Waals surface area contributed by atoms with Crippen LogP contribution in [0.5, 0.6) is 11.5 Å². The molecule has 0 aliphatic carbocycles. The van der Waals surface area contributed by atoms with Crippen LogP contribution in [0.15, 0.2) is 36.4 Å². The third-order valence-electron chi connectivity index (χ3n) is 6.90. The number of nitrogens with zero attached hydrogens (tertiary/aromatic N) is 2. The van der Waals surface area contributed by atoms with E-state index in [0.717, 1.165) is 50.1 Å². The first-order valence-corrected chi connectivity index (χ1v) is 11.4. The van der Waals surface area contributed by atoms with Crippen molar-refractivity contribution in [1.82, 2.24) is 5.32 Å². The fourth-order valence-electron chi connectivity index (χ4n) is 4.94. The number of hydrogen-bond donors (Lipinski definition) is 1. The van der Waals surface area contributed by atoms with Gasteiger partial charge in [0.15, 0.2) is 11.5 Å². The van der Waals surface area contributed by atoms with E-state index in [2.05, 4.69) is 5.32 Å². The lowest BCUT2D eigenvalue weighted by Gasteiger charge is -2.38. The van der Waals surface area contributed by atoms with Crippen molar-refractivity contribution in [2.24, 2.45) is 0 Å². The summed E-state index contributed by atoms with van der Waals surface area (Å²) in [5, 5.41) is 14.7. The standard InChI is InChI=1S/C24H27N3O6/c28-23(17-3-5-19(20(13-17)27(29)30)26-9-1-2-10-26)25-15-24(7-11-31-12-8-24)18-4-6-21-22(14-18)33-16-32-21/h3-6,13-14H,1-2,7-12,15-16H2,(H,25,28). The van der Waals surface area contributed by atoms with Crippen molar-refractivity contribution in [2.75, 3.05) is 44.5 Å². The summed E-state index contributed by atoms with van der Waals surface area (Å²) in [5.41, 5.74) is 1.59. The van der Waals surface area contributed by atoms with E-state index in [0.29, 0.717) is 31.2 Å². The predicted octanol–water partition coefficient (Wildman–Crippen LogP) is 3.40. The first kappa shape index (κ1) is 21.5. The fourth-order valence-corrected chi connectivity index (χ4v) is 4.94. The number of hydrogen-bond acceptors (Lipinski definition) is 7. The van der Waals surface area contributed by atoms with Gasteiger partial charge in [0.2, 0.25) is 6.79 Å². The van der Waals surface area contributed by atoms with Gasteiger partial charge in [0.25, 0.3) is 11.6 Å². The zero-order valence-corrected chi connectivity index (χ0v) is 18.4. The molecule has 0 spiro atoms. The van der Waals surface area contributed by atoms with Gasteiger partial charge in [-0.05, 0) is 55.5 Å². The molecule has 0 aromatic heterocycles. The van der Waals surface area contributed by atoms with Crippen LogP contribution in [0.3, 0.4) is 0 Å². The summed E-state index contributed by atoms with van der Waals surface area (Å²) in [6.07, 6.45) is 3.54. The first-order chi connectivity index (χ1) is 16.1. The van der Waals surface area contributed by atoms with Gasteiger partial charge in [-0.1, -0.05) is 6.07 Å². The number of nitrogens with one attached hydrogen (secondary N) is 1. The number of nitro benzene ring substituents is 1. The number of fused-ring (bicyclic) bond motifs is 1. The summed E-state index contributed by atoms with van der Waals surface area (Å²) in [6.45, 7) is 3.40. The van der Waals surface area contributed by atoms with Crippen LogP contribution in [0.2, 0.25) is 0 Å². The zero-order valence-electron chi connectivity index (χ0n) is 18.4. The Bertz CT molecular complexity index is 1060. The zero-order chi connectivity index (χ0) is 22.8. The SMILES string of the molecule is O=C(NCC1(c2ccc3c(c2)OCO3)CCOCC1)c1ccc(N2CCCC2)c([N+](=O)[O-])c1. The molecule has 0 radical (unpaired) electrons. The Morgan fingerprint density at radius 2 is 1.82 bits per heavy atom. The minimum atomic E-state index is -0.406. The molecule has 0 bridgehead atoms. The van der Waals surface area contributed by atoms with Crippen molar-refractivity contribution >= 4 is 17.3 Å². The molecule has 0 saturated carbocycles. The molecule has 9 heteroatoms. The number of rotatable bonds is 6. The predicted molar refractivity (Wildman–Crippen MR) is 121 cm³/mol. The van der Waals surface area contributed by atoms with Gasteiger partial charge in [-0.2, -0.15) is 0 Å². The van der Waals surface area contributed by atoms with Crippen LogP contribution >= 0.6 is 0 Å². The summed E-state index contributed by atoms with van der Waals surface area (Å²) in [4.78, 5) is 26.3. The number of nitro groups is 1. The Morgan fingerprint density at radius 3 is 2.58 bits per heavy atom. The molecule has 0 atom stereocenters. The average Bonchev–Trinajstić information content (AvgIpc) is 3.54. The Hall–Kier alpha value is -3.33. The van der Waals surface area contributed by atoms with Gasteiger partial charge in [0, 0.05) is 49.9 Å². The van der Waals surface area contributed by atoms with E-state index in [1.165, 1.54) is 6.07 Å². The summed E-state index contributed by atoms with van der Waals surface area (Å²) in [7, 11) is 0. The second-order valence-electron chi connectivity index (χ2n) is 8.80. The van der Waals surface area contributed by atoms with Crippen LogP contribution in [0.25, 0.3) is 0 Å². The molecule has 2 aromatic carbocycles. The minimum Gasteiger partial charge on any atom is -0.454 e. The Morgan fingerprint density at radius 1 is 1.06 bits per heavy atom. The Balaban J connectivity index is 1.36. The Labute approximate surface area is 191 Å². The molecule has 5 rings (SSSR count). The van der Waals surface area contributed by atoms with Gasteiger partial charge in [-0.15, -0.1) is 0 Å². The van der Waals surface area contributed by atoms with Crippen molar-refractivity contribution in [2.45, 2.75) is 31.1 Å². The second kappa shape index (κ2) is 8.90. The molecule has 0 unspecified atom stereocenters. The topological polar surface area (TPSA) is 103 Å². The quantitative estimate of drug-likeness (QED) is 0.528. The second-order valence-corrected chi connectivity index (χ2v) is 8.80. The van der Waals surface area contributed by atoms with E-state index in [-0.39, 0.29) is 29.4 Å². The average molecular weight is 453 g/mol. The molecule has 1 amide bonds. The van der Waals surface area contributed by atoms with Crippen molar-refractivity contribution in [1.29, 1.82) is 0 Å². The molecule has 9 nitrogen and oxygen atoms in total. The highest BCUT2D eigenvalue weighted by Gasteiger charge is 2.36. The van der Waals surface area contributed by atoms with E-state index < -0.39 is 4.92 Å². The monoisotopic (exact) mass is 453 g/mol. The molecule has 3 aliphatic heterocycles. The summed E-state index contributed by atoms with van der Waals surface area (Å²) in [6, 6.07) is 10.7. The first-order valence-electron chi connectivity index (χ1n) is 11.4. The normalized spacial score (nSPS) is 18.8. The summed E-state index contributed by atoms with van der Waals surface area (Å²) in [5.74, 6) is 1.10. The summed E-state index contributed by atoms with van der Waals surface area (Å²) >= 11 is 0. The van der Waals surface area contributed by atoms with Crippen molar-refractivity contribution < 1.29 is 23.9 Å². The summed E-state index contributed by atoms with van der Waals surface area (Å²) < 4.78 is 16.6. The number of carbonyl (C=O) groups excluding carboxylic acids is 1. The maximum Gasteiger partial charge on any atom is 0.293 e. The number of benzene rings is 2. The smallest absolute Gasteiger partial charge is 0.293 e. The highest BCUT2D eigenvalue weighted by atomic mass is 16.7. The Kier molecular flexibility index (Phi) is 5.80. The molecule has 3 aliphatic rings. The van der Waals surface area contributed by atoms with Gasteiger partial charge in [0.1, 0.15) is 5.69 Å². The van der Waals surface area contributed by atoms with Crippen molar-refractivity contribution in [3.63, 3.8) is 0 Å². The molecule has 2 saturated heterocycles. The van der Waals surface area contributed by atoms with Crippen LogP contribution < -0.4 is 19.7 Å². The van der Waals surface area contributed by atoms with E-state index in [4.69, 9.17) is 14.2 Å². The maximum atomic E-state index is 13.0. The lowest BCUT2D eigenvalue weighted by atomic mass is 9.74. The van der Waals surface area contributed by atoms with Gasteiger partial charge in [0.05, 0.1) is 4.92 Å². The lowest BCUT2D eigenvalue weighted by Crippen LogP contribution is -2.44. The van der Waals surface area contributed by atoms with Gasteiger partial charge in [-0.25, -0.2) is 0 Å². The minimum absolute atomic E-state index is 0.0268. The van der Waals surface area contributed by atoms with E-state index in [1.807, 2.05) is 23.1 Å². The molecule has 2 fully saturated rings. The number of carbonyl (C=O) groups is 1. The van der Waals surface area contributed by atoms with E-state index in [9.17, 15) is 14.9 Å².